The zero-order valence-corrected chi connectivity index (χ0v) is 15.0. The minimum atomic E-state index is -0.671. The molecule has 3 aromatic rings. The summed E-state index contributed by atoms with van der Waals surface area (Å²) in [6.07, 6.45) is 0.116. The number of ether oxygens (including phenoxy) is 2. The Morgan fingerprint density at radius 3 is 2.48 bits per heavy atom. The van der Waals surface area contributed by atoms with Crippen LogP contribution in [0.1, 0.15) is 30.9 Å². The largest absolute Gasteiger partial charge is 0.497 e. The molecule has 0 aliphatic carbocycles. The van der Waals surface area contributed by atoms with Gasteiger partial charge in [0.15, 0.2) is 6.10 Å². The first-order chi connectivity index (χ1) is 13.0. The SMILES string of the molecule is COc1ccc(CCC(=O)O[C@@H](C)c2nnc(-c3ccc(F)cc3)o2)cc1. The molecular weight excluding hydrogens is 351 g/mol. The number of carbonyl (C=O) groups is 1. The molecule has 0 N–H and O–H groups in total. The minimum absolute atomic E-state index is 0.187. The van der Waals surface area contributed by atoms with E-state index in [2.05, 4.69) is 10.2 Å². The molecule has 27 heavy (non-hydrogen) atoms. The van der Waals surface area contributed by atoms with Crippen molar-refractivity contribution in [3.63, 3.8) is 0 Å². The van der Waals surface area contributed by atoms with Gasteiger partial charge >= 0.3 is 5.97 Å². The summed E-state index contributed by atoms with van der Waals surface area (Å²) in [6, 6.07) is 13.2. The van der Waals surface area contributed by atoms with E-state index < -0.39 is 6.10 Å². The van der Waals surface area contributed by atoms with Gasteiger partial charge in [-0.15, -0.1) is 10.2 Å². The van der Waals surface area contributed by atoms with Crippen LogP contribution in [0.4, 0.5) is 4.39 Å². The van der Waals surface area contributed by atoms with Gasteiger partial charge < -0.3 is 13.9 Å². The average molecular weight is 370 g/mol. The number of aromatic nitrogens is 2. The summed E-state index contributed by atoms with van der Waals surface area (Å²) in [5.41, 5.74) is 1.60. The highest BCUT2D eigenvalue weighted by Gasteiger charge is 2.19. The van der Waals surface area contributed by atoms with Crippen LogP contribution in [0.2, 0.25) is 0 Å². The summed E-state index contributed by atoms with van der Waals surface area (Å²) < 4.78 is 29.0. The zero-order chi connectivity index (χ0) is 19.2. The van der Waals surface area contributed by atoms with E-state index in [1.165, 1.54) is 24.3 Å². The third-order valence-electron chi connectivity index (χ3n) is 3.96. The highest BCUT2D eigenvalue weighted by molar-refractivity contribution is 5.70. The van der Waals surface area contributed by atoms with Gasteiger partial charge in [-0.05, 0) is 55.3 Å². The van der Waals surface area contributed by atoms with Gasteiger partial charge in [-0.25, -0.2) is 4.39 Å². The number of methoxy groups -OCH3 is 1. The smallest absolute Gasteiger partial charge is 0.306 e. The second-order valence-corrected chi connectivity index (χ2v) is 5.93. The molecule has 0 saturated carbocycles. The van der Waals surface area contributed by atoms with Crippen LogP contribution in [0.15, 0.2) is 52.9 Å². The first-order valence-electron chi connectivity index (χ1n) is 8.47. The lowest BCUT2D eigenvalue weighted by atomic mass is 10.1. The van der Waals surface area contributed by atoms with Crippen LogP contribution in [0, 0.1) is 5.82 Å². The van der Waals surface area contributed by atoms with Crippen LogP contribution in [0.5, 0.6) is 5.75 Å². The Kier molecular flexibility index (Phi) is 5.80. The molecule has 1 aromatic heterocycles. The van der Waals surface area contributed by atoms with Gasteiger partial charge in [0.05, 0.1) is 7.11 Å². The monoisotopic (exact) mass is 370 g/mol. The van der Waals surface area contributed by atoms with E-state index in [0.717, 1.165) is 11.3 Å². The van der Waals surface area contributed by atoms with Crippen molar-refractivity contribution in [2.45, 2.75) is 25.9 Å². The van der Waals surface area contributed by atoms with E-state index >= 15 is 0 Å². The van der Waals surface area contributed by atoms with Crippen molar-refractivity contribution >= 4 is 5.97 Å². The lowest BCUT2D eigenvalue weighted by Gasteiger charge is -2.09. The van der Waals surface area contributed by atoms with Crippen molar-refractivity contribution < 1.29 is 23.1 Å². The quantitative estimate of drug-likeness (QED) is 0.583. The Morgan fingerprint density at radius 1 is 1.11 bits per heavy atom. The molecule has 7 heteroatoms. The van der Waals surface area contributed by atoms with Crippen molar-refractivity contribution in [2.24, 2.45) is 0 Å². The summed E-state index contributed by atoms with van der Waals surface area (Å²) in [7, 11) is 1.60. The average Bonchev–Trinajstić information content (AvgIpc) is 3.18. The van der Waals surface area contributed by atoms with Crippen molar-refractivity contribution in [3.05, 3.63) is 65.8 Å². The minimum Gasteiger partial charge on any atom is -0.497 e. The Labute approximate surface area is 155 Å². The summed E-state index contributed by atoms with van der Waals surface area (Å²) in [6.45, 7) is 1.66. The Hall–Kier alpha value is -3.22. The maximum atomic E-state index is 13.0. The molecule has 1 atom stereocenters. The lowest BCUT2D eigenvalue weighted by Crippen LogP contribution is -2.10. The maximum absolute atomic E-state index is 13.0. The number of nitrogens with zero attached hydrogens (tertiary/aromatic N) is 2. The molecule has 1 heterocycles. The van der Waals surface area contributed by atoms with Gasteiger partial charge in [-0.2, -0.15) is 0 Å². The van der Waals surface area contributed by atoms with Gasteiger partial charge in [0, 0.05) is 12.0 Å². The van der Waals surface area contributed by atoms with Crippen LogP contribution >= 0.6 is 0 Å². The van der Waals surface area contributed by atoms with E-state index in [9.17, 15) is 9.18 Å². The molecule has 140 valence electrons. The molecule has 0 saturated heterocycles. The Morgan fingerprint density at radius 2 is 1.81 bits per heavy atom. The fourth-order valence-corrected chi connectivity index (χ4v) is 2.45. The zero-order valence-electron chi connectivity index (χ0n) is 15.0. The van der Waals surface area contributed by atoms with Crippen molar-refractivity contribution in [2.75, 3.05) is 7.11 Å². The number of hydrogen-bond acceptors (Lipinski definition) is 6. The molecular formula is C20H19FN2O4. The number of esters is 1. The molecule has 2 aromatic carbocycles. The van der Waals surface area contributed by atoms with Crippen LogP contribution in [0.3, 0.4) is 0 Å². The van der Waals surface area contributed by atoms with Crippen LogP contribution in [-0.2, 0) is 16.0 Å². The van der Waals surface area contributed by atoms with E-state index in [4.69, 9.17) is 13.9 Å². The van der Waals surface area contributed by atoms with Crippen LogP contribution < -0.4 is 4.74 Å². The van der Waals surface area contributed by atoms with E-state index in [0.29, 0.717) is 12.0 Å². The predicted octanol–water partition coefficient (Wildman–Crippen LogP) is 4.12. The molecule has 0 unspecified atom stereocenters. The maximum Gasteiger partial charge on any atom is 0.306 e. The molecule has 6 nitrogen and oxygen atoms in total. The molecule has 0 aliphatic heterocycles. The highest BCUT2D eigenvalue weighted by atomic mass is 19.1. The van der Waals surface area contributed by atoms with Crippen LogP contribution in [0.25, 0.3) is 11.5 Å². The third-order valence-corrected chi connectivity index (χ3v) is 3.96. The molecule has 0 amide bonds. The Balaban J connectivity index is 1.54. The van der Waals surface area contributed by atoms with Gasteiger partial charge in [0.1, 0.15) is 11.6 Å². The van der Waals surface area contributed by atoms with Crippen LogP contribution in [-0.4, -0.2) is 23.3 Å². The third kappa shape index (κ3) is 4.91. The molecule has 0 radical (unpaired) electrons. The normalized spacial score (nSPS) is 11.8. The number of aryl methyl sites for hydroxylation is 1. The molecule has 0 bridgehead atoms. The van der Waals surface area contributed by atoms with Crippen molar-refractivity contribution in [3.8, 4) is 17.2 Å². The number of hydrogen-bond donors (Lipinski definition) is 0. The number of rotatable bonds is 7. The predicted molar refractivity (Wildman–Crippen MR) is 95.5 cm³/mol. The standard InChI is InChI=1S/C20H19FN2O4/c1-13(19-22-23-20(27-19)15-6-8-16(21)9-7-15)26-18(24)12-5-14-3-10-17(25-2)11-4-14/h3-4,6-11,13H,5,12H2,1-2H3/t13-/m0/s1. The summed E-state index contributed by atoms with van der Waals surface area (Å²) in [5.74, 6) is 0.485. The van der Waals surface area contributed by atoms with Gasteiger partial charge in [-0.1, -0.05) is 12.1 Å². The van der Waals surface area contributed by atoms with Gasteiger partial charge in [0.2, 0.25) is 5.89 Å². The van der Waals surface area contributed by atoms with E-state index in [1.54, 1.807) is 14.0 Å². The fraction of sp³-hybridized carbons (Fsp3) is 0.250. The lowest BCUT2D eigenvalue weighted by molar-refractivity contribution is -0.149. The fourth-order valence-electron chi connectivity index (χ4n) is 2.45. The topological polar surface area (TPSA) is 74.5 Å². The number of halogens is 1. The summed E-state index contributed by atoms with van der Waals surface area (Å²) in [5, 5.41) is 7.82. The highest BCUT2D eigenvalue weighted by Crippen LogP contribution is 2.23. The van der Waals surface area contributed by atoms with Gasteiger partial charge in [-0.3, -0.25) is 4.79 Å². The second-order valence-electron chi connectivity index (χ2n) is 5.93. The summed E-state index contributed by atoms with van der Waals surface area (Å²) in [4.78, 5) is 12.1. The first-order valence-corrected chi connectivity index (χ1v) is 8.47. The van der Waals surface area contributed by atoms with Crippen molar-refractivity contribution in [1.29, 1.82) is 0 Å². The molecule has 0 aliphatic rings. The van der Waals surface area contributed by atoms with Crippen molar-refractivity contribution in [1.82, 2.24) is 10.2 Å². The molecule has 0 spiro atoms. The molecule has 0 fully saturated rings. The summed E-state index contributed by atoms with van der Waals surface area (Å²) >= 11 is 0. The van der Waals surface area contributed by atoms with E-state index in [-0.39, 0.29) is 30.0 Å². The van der Waals surface area contributed by atoms with Gasteiger partial charge in [0.25, 0.3) is 5.89 Å². The first kappa shape index (κ1) is 18.6. The second kappa shape index (κ2) is 8.44. The number of carbonyl (C=O) groups excluding carboxylic acids is 1. The Bertz CT molecular complexity index is 891. The molecule has 3 rings (SSSR count). The van der Waals surface area contributed by atoms with E-state index in [1.807, 2.05) is 24.3 Å². The number of benzene rings is 2.